The molecule has 0 aliphatic carbocycles. The summed E-state index contributed by atoms with van der Waals surface area (Å²) in [5.41, 5.74) is 5.48. The first-order valence-corrected chi connectivity index (χ1v) is 6.45. The van der Waals surface area contributed by atoms with Gasteiger partial charge in [0.15, 0.2) is 11.5 Å². The predicted octanol–water partition coefficient (Wildman–Crippen LogP) is 1.32. The van der Waals surface area contributed by atoms with Crippen molar-refractivity contribution in [3.05, 3.63) is 35.8 Å². The van der Waals surface area contributed by atoms with Gasteiger partial charge in [-0.1, -0.05) is 0 Å². The molecule has 2 rings (SSSR count). The van der Waals surface area contributed by atoms with Crippen molar-refractivity contribution in [1.29, 1.82) is 0 Å². The van der Waals surface area contributed by atoms with Crippen LogP contribution in [0.4, 0.5) is 4.39 Å². The topological polar surface area (TPSA) is 86.2 Å². The summed E-state index contributed by atoms with van der Waals surface area (Å²) in [6.07, 6.45) is 1.37. The Kier molecular flexibility index (Phi) is 3.24. The average Bonchev–Trinajstić information content (AvgIpc) is 2.75. The molecule has 2 aromatic rings. The summed E-state index contributed by atoms with van der Waals surface area (Å²) in [5, 5.41) is -0.0943. The number of aromatic nitrogens is 1. The predicted molar refractivity (Wildman–Crippen MR) is 62.7 cm³/mol. The average molecular weight is 268 g/mol. The van der Waals surface area contributed by atoms with E-state index in [1.807, 2.05) is 0 Å². The minimum Gasteiger partial charge on any atom is -0.429 e. The van der Waals surface area contributed by atoms with Crippen LogP contribution < -0.4 is 5.73 Å². The van der Waals surface area contributed by atoms with E-state index in [1.54, 1.807) is 0 Å². The van der Waals surface area contributed by atoms with Crippen LogP contribution in [0.1, 0.15) is 10.5 Å². The van der Waals surface area contributed by atoms with E-state index in [4.69, 9.17) is 10.2 Å². The van der Waals surface area contributed by atoms with E-state index >= 15 is 0 Å². The van der Waals surface area contributed by atoms with E-state index in [2.05, 4.69) is 4.98 Å². The molecule has 0 saturated carbocycles. The second kappa shape index (κ2) is 4.69. The SMILES string of the molecule is CS(=O)c1nc(C(N)=O)c(-c2ccc(F)cc2)o1. The Morgan fingerprint density at radius 1 is 1.39 bits per heavy atom. The second-order valence-corrected chi connectivity index (χ2v) is 4.74. The van der Waals surface area contributed by atoms with Crippen LogP contribution in [0.3, 0.4) is 0 Å². The van der Waals surface area contributed by atoms with Gasteiger partial charge in [-0.2, -0.15) is 4.98 Å². The largest absolute Gasteiger partial charge is 0.429 e. The van der Waals surface area contributed by atoms with Crippen LogP contribution in [0, 0.1) is 5.82 Å². The van der Waals surface area contributed by atoms with E-state index in [0.717, 1.165) is 0 Å². The van der Waals surface area contributed by atoms with Gasteiger partial charge < -0.3 is 10.2 Å². The highest BCUT2D eigenvalue weighted by Crippen LogP contribution is 2.26. The summed E-state index contributed by atoms with van der Waals surface area (Å²) in [4.78, 5) is 15.0. The lowest BCUT2D eigenvalue weighted by Crippen LogP contribution is -2.12. The van der Waals surface area contributed by atoms with Gasteiger partial charge in [-0.3, -0.25) is 4.79 Å². The molecule has 1 unspecified atom stereocenters. The Bertz CT molecular complexity index is 622. The zero-order chi connectivity index (χ0) is 13.3. The van der Waals surface area contributed by atoms with Gasteiger partial charge in [0.25, 0.3) is 11.1 Å². The van der Waals surface area contributed by atoms with Crippen molar-refractivity contribution in [1.82, 2.24) is 4.98 Å². The van der Waals surface area contributed by atoms with Crippen LogP contribution in [0.15, 0.2) is 33.9 Å². The molecular formula is C11H9FN2O3S. The van der Waals surface area contributed by atoms with E-state index in [9.17, 15) is 13.4 Å². The molecule has 7 heteroatoms. The number of nitrogens with zero attached hydrogens (tertiary/aromatic N) is 1. The van der Waals surface area contributed by atoms with Crippen LogP contribution >= 0.6 is 0 Å². The van der Waals surface area contributed by atoms with E-state index in [0.29, 0.717) is 5.56 Å². The van der Waals surface area contributed by atoms with Gasteiger partial charge in [-0.25, -0.2) is 8.60 Å². The molecule has 0 bridgehead atoms. The normalized spacial score (nSPS) is 12.3. The van der Waals surface area contributed by atoms with Gasteiger partial charge >= 0.3 is 0 Å². The molecule has 1 atom stereocenters. The number of hydrogen-bond acceptors (Lipinski definition) is 4. The van der Waals surface area contributed by atoms with Crippen LogP contribution in [0.5, 0.6) is 0 Å². The van der Waals surface area contributed by atoms with Crippen LogP contribution in [-0.4, -0.2) is 21.4 Å². The monoisotopic (exact) mass is 268 g/mol. The molecule has 94 valence electrons. The van der Waals surface area contributed by atoms with Crippen molar-refractivity contribution >= 4 is 16.7 Å². The lowest BCUT2D eigenvalue weighted by Gasteiger charge is -1.97. The molecule has 1 aromatic heterocycles. The van der Waals surface area contributed by atoms with Gasteiger partial charge in [-0.05, 0) is 24.3 Å². The summed E-state index contributed by atoms with van der Waals surface area (Å²) >= 11 is 0. The Morgan fingerprint density at radius 2 is 2.00 bits per heavy atom. The number of primary amides is 1. The Hall–Kier alpha value is -2.02. The molecule has 1 heterocycles. The van der Waals surface area contributed by atoms with Crippen molar-refractivity contribution in [2.75, 3.05) is 6.26 Å². The van der Waals surface area contributed by atoms with Crippen molar-refractivity contribution < 1.29 is 17.8 Å². The number of hydrogen-bond donors (Lipinski definition) is 1. The molecule has 0 aliphatic heterocycles. The first-order chi connectivity index (χ1) is 8.49. The van der Waals surface area contributed by atoms with Crippen molar-refractivity contribution in [2.45, 2.75) is 5.22 Å². The third kappa shape index (κ3) is 2.30. The molecule has 0 radical (unpaired) electrons. The molecule has 1 amide bonds. The third-order valence-corrected chi connectivity index (χ3v) is 2.86. The van der Waals surface area contributed by atoms with Gasteiger partial charge in [0.2, 0.25) is 0 Å². The zero-order valence-corrected chi connectivity index (χ0v) is 10.2. The highest BCUT2D eigenvalue weighted by Gasteiger charge is 2.20. The first kappa shape index (κ1) is 12.4. The lowest BCUT2D eigenvalue weighted by atomic mass is 10.1. The summed E-state index contributed by atoms with van der Waals surface area (Å²) < 4.78 is 29.3. The van der Waals surface area contributed by atoms with Gasteiger partial charge in [-0.15, -0.1) is 0 Å². The summed E-state index contributed by atoms with van der Waals surface area (Å²) in [5.74, 6) is -1.12. The number of carbonyl (C=O) groups excluding carboxylic acids is 1. The number of amides is 1. The lowest BCUT2D eigenvalue weighted by molar-refractivity contribution is 0.0996. The third-order valence-electron chi connectivity index (χ3n) is 2.19. The Labute approximate surface area is 104 Å². The van der Waals surface area contributed by atoms with E-state index in [1.165, 1.54) is 30.5 Å². The van der Waals surface area contributed by atoms with E-state index in [-0.39, 0.29) is 16.7 Å². The fraction of sp³-hybridized carbons (Fsp3) is 0.0909. The number of nitrogens with two attached hydrogens (primary N) is 1. The van der Waals surface area contributed by atoms with Crippen LogP contribution in [0.25, 0.3) is 11.3 Å². The number of halogens is 1. The van der Waals surface area contributed by atoms with Crippen molar-refractivity contribution in [3.63, 3.8) is 0 Å². The second-order valence-electron chi connectivity index (χ2n) is 3.48. The standard InChI is InChI=1S/C11H9FN2O3S/c1-18(16)11-14-8(10(13)15)9(17-11)6-2-4-7(12)5-3-6/h2-5H,1H3,(H2,13,15). The van der Waals surface area contributed by atoms with Gasteiger partial charge in [0.05, 0.1) is 0 Å². The first-order valence-electron chi connectivity index (χ1n) is 4.89. The van der Waals surface area contributed by atoms with Gasteiger partial charge in [0.1, 0.15) is 16.6 Å². The number of carbonyl (C=O) groups is 1. The minimum absolute atomic E-state index is 0.0905. The molecule has 0 saturated heterocycles. The smallest absolute Gasteiger partial charge is 0.287 e. The minimum atomic E-state index is -1.47. The summed E-state index contributed by atoms with van der Waals surface area (Å²) in [6.45, 7) is 0. The van der Waals surface area contributed by atoms with Crippen molar-refractivity contribution in [2.24, 2.45) is 5.73 Å². The maximum Gasteiger partial charge on any atom is 0.287 e. The Morgan fingerprint density at radius 3 is 2.50 bits per heavy atom. The zero-order valence-electron chi connectivity index (χ0n) is 9.34. The molecular weight excluding hydrogens is 259 g/mol. The number of oxazole rings is 1. The summed E-state index contributed by atoms with van der Waals surface area (Å²) in [6, 6.07) is 5.27. The fourth-order valence-corrected chi connectivity index (χ4v) is 1.81. The highest BCUT2D eigenvalue weighted by atomic mass is 32.2. The number of benzene rings is 1. The van der Waals surface area contributed by atoms with Crippen molar-refractivity contribution in [3.8, 4) is 11.3 Å². The molecule has 2 N–H and O–H groups in total. The quantitative estimate of drug-likeness (QED) is 0.909. The van der Waals surface area contributed by atoms with Crippen LogP contribution in [-0.2, 0) is 10.8 Å². The maximum atomic E-state index is 12.8. The molecule has 18 heavy (non-hydrogen) atoms. The maximum absolute atomic E-state index is 12.8. The molecule has 1 aromatic carbocycles. The molecule has 0 aliphatic rings. The van der Waals surface area contributed by atoms with E-state index < -0.39 is 22.5 Å². The molecule has 0 spiro atoms. The molecule has 5 nitrogen and oxygen atoms in total. The fourth-order valence-electron chi connectivity index (χ4n) is 1.39. The summed E-state index contributed by atoms with van der Waals surface area (Å²) in [7, 11) is -1.47. The number of rotatable bonds is 3. The van der Waals surface area contributed by atoms with Gasteiger partial charge in [0, 0.05) is 11.8 Å². The molecule has 0 fully saturated rings. The van der Waals surface area contributed by atoms with Crippen LogP contribution in [0.2, 0.25) is 0 Å². The highest BCUT2D eigenvalue weighted by molar-refractivity contribution is 7.84. The Balaban J connectivity index is 2.58.